The summed E-state index contributed by atoms with van der Waals surface area (Å²) < 4.78 is 9.75. The Hall–Kier alpha value is -2.33. The van der Waals surface area contributed by atoms with Crippen LogP contribution in [-0.4, -0.2) is 19.0 Å². The molecule has 102 valence electrons. The highest BCUT2D eigenvalue weighted by molar-refractivity contribution is 6.34. The standard InChI is InChI=1S/C15H11ClO4/c1-19-11-7-8-12(13(16)9-11)15(18)20-14(17)10-5-3-2-4-6-10/h2-9H,1H3. The van der Waals surface area contributed by atoms with Gasteiger partial charge in [-0.2, -0.15) is 0 Å². The number of esters is 2. The van der Waals surface area contributed by atoms with E-state index in [0.717, 1.165) is 0 Å². The number of hydrogen-bond donors (Lipinski definition) is 0. The average molecular weight is 291 g/mol. The van der Waals surface area contributed by atoms with Gasteiger partial charge in [-0.05, 0) is 30.3 Å². The van der Waals surface area contributed by atoms with Crippen molar-refractivity contribution < 1.29 is 19.1 Å². The van der Waals surface area contributed by atoms with Crippen molar-refractivity contribution in [2.45, 2.75) is 0 Å². The Kier molecular flexibility index (Phi) is 4.38. The number of carbonyl (C=O) groups is 2. The molecule has 4 nitrogen and oxygen atoms in total. The van der Waals surface area contributed by atoms with Gasteiger partial charge in [-0.1, -0.05) is 29.8 Å². The minimum absolute atomic E-state index is 0.108. The van der Waals surface area contributed by atoms with Crippen molar-refractivity contribution in [3.8, 4) is 5.75 Å². The molecule has 0 aromatic heterocycles. The van der Waals surface area contributed by atoms with Crippen molar-refractivity contribution in [1.82, 2.24) is 0 Å². The average Bonchev–Trinajstić information content (AvgIpc) is 2.47. The summed E-state index contributed by atoms with van der Waals surface area (Å²) >= 11 is 5.94. The van der Waals surface area contributed by atoms with Crippen LogP contribution in [-0.2, 0) is 4.74 Å². The van der Waals surface area contributed by atoms with Gasteiger partial charge in [-0.15, -0.1) is 0 Å². The van der Waals surface area contributed by atoms with Crippen molar-refractivity contribution in [3.63, 3.8) is 0 Å². The molecule has 2 aromatic carbocycles. The second-order valence-electron chi connectivity index (χ2n) is 3.89. The fourth-order valence-electron chi connectivity index (χ4n) is 1.56. The predicted molar refractivity (Wildman–Crippen MR) is 74.2 cm³/mol. The molecule has 0 aliphatic carbocycles. The van der Waals surface area contributed by atoms with Crippen molar-refractivity contribution in [2.24, 2.45) is 0 Å². The third-order valence-electron chi connectivity index (χ3n) is 2.59. The van der Waals surface area contributed by atoms with E-state index in [0.29, 0.717) is 11.3 Å². The zero-order valence-corrected chi connectivity index (χ0v) is 11.4. The Morgan fingerprint density at radius 2 is 1.70 bits per heavy atom. The van der Waals surface area contributed by atoms with Crippen LogP contribution in [0.2, 0.25) is 5.02 Å². The SMILES string of the molecule is COc1ccc(C(=O)OC(=O)c2ccccc2)c(Cl)c1. The number of halogens is 1. The van der Waals surface area contributed by atoms with Crippen LogP contribution < -0.4 is 4.74 Å². The highest BCUT2D eigenvalue weighted by atomic mass is 35.5. The molecule has 0 amide bonds. The summed E-state index contributed by atoms with van der Waals surface area (Å²) in [4.78, 5) is 23.6. The van der Waals surface area contributed by atoms with E-state index < -0.39 is 11.9 Å². The summed E-state index contributed by atoms with van der Waals surface area (Å²) in [6.07, 6.45) is 0. The van der Waals surface area contributed by atoms with Gasteiger partial charge in [0.2, 0.25) is 0 Å². The van der Waals surface area contributed by atoms with Crippen LogP contribution >= 0.6 is 11.6 Å². The Balaban J connectivity index is 2.15. The van der Waals surface area contributed by atoms with E-state index >= 15 is 0 Å². The van der Waals surface area contributed by atoms with E-state index in [4.69, 9.17) is 21.1 Å². The zero-order valence-electron chi connectivity index (χ0n) is 10.6. The summed E-state index contributed by atoms with van der Waals surface area (Å²) in [5, 5.41) is 0.162. The van der Waals surface area contributed by atoms with E-state index in [1.165, 1.54) is 19.2 Å². The summed E-state index contributed by atoms with van der Waals surface area (Å²) in [5.74, 6) is -1.00. The van der Waals surface area contributed by atoms with Crippen LogP contribution in [0.15, 0.2) is 48.5 Å². The van der Waals surface area contributed by atoms with Gasteiger partial charge in [-0.25, -0.2) is 9.59 Å². The molecule has 0 saturated heterocycles. The van der Waals surface area contributed by atoms with Crippen LogP contribution in [0.5, 0.6) is 5.75 Å². The monoisotopic (exact) mass is 290 g/mol. The zero-order chi connectivity index (χ0) is 14.5. The summed E-state index contributed by atoms with van der Waals surface area (Å²) in [6, 6.07) is 12.7. The lowest BCUT2D eigenvalue weighted by atomic mass is 10.2. The smallest absolute Gasteiger partial charge is 0.347 e. The number of methoxy groups -OCH3 is 1. The molecule has 5 heteroatoms. The Bertz CT molecular complexity index is 638. The van der Waals surface area contributed by atoms with Gasteiger partial charge in [-0.3, -0.25) is 0 Å². The number of rotatable bonds is 3. The lowest BCUT2D eigenvalue weighted by Crippen LogP contribution is -2.13. The Morgan fingerprint density at radius 3 is 2.30 bits per heavy atom. The normalized spacial score (nSPS) is 9.90. The van der Waals surface area contributed by atoms with Crippen LogP contribution in [0, 0.1) is 0 Å². The van der Waals surface area contributed by atoms with E-state index in [1.807, 2.05) is 0 Å². The molecule has 0 heterocycles. The maximum absolute atomic E-state index is 11.9. The predicted octanol–water partition coefficient (Wildman–Crippen LogP) is 3.35. The lowest BCUT2D eigenvalue weighted by Gasteiger charge is -2.06. The molecule has 20 heavy (non-hydrogen) atoms. The van der Waals surface area contributed by atoms with Crippen molar-refractivity contribution >= 4 is 23.5 Å². The molecule has 0 saturated carbocycles. The largest absolute Gasteiger partial charge is 0.497 e. The van der Waals surface area contributed by atoms with Gasteiger partial charge < -0.3 is 9.47 Å². The first-order valence-electron chi connectivity index (χ1n) is 5.77. The molecule has 0 aliphatic heterocycles. The lowest BCUT2D eigenvalue weighted by molar-refractivity contribution is 0.0398. The first-order valence-corrected chi connectivity index (χ1v) is 6.14. The van der Waals surface area contributed by atoms with Crippen LogP contribution in [0.4, 0.5) is 0 Å². The highest BCUT2D eigenvalue weighted by Crippen LogP contribution is 2.23. The molecule has 0 N–H and O–H groups in total. The van der Waals surface area contributed by atoms with Gasteiger partial charge in [0, 0.05) is 0 Å². The minimum atomic E-state index is -0.800. The van der Waals surface area contributed by atoms with Gasteiger partial charge in [0.25, 0.3) is 0 Å². The molecule has 0 bridgehead atoms. The van der Waals surface area contributed by atoms with Gasteiger partial charge in [0.1, 0.15) is 5.75 Å². The quantitative estimate of drug-likeness (QED) is 0.642. The molecule has 0 aliphatic rings. The first kappa shape index (κ1) is 14.1. The fraction of sp³-hybridized carbons (Fsp3) is 0.0667. The van der Waals surface area contributed by atoms with Crippen molar-refractivity contribution in [1.29, 1.82) is 0 Å². The first-order chi connectivity index (χ1) is 9.61. The second-order valence-corrected chi connectivity index (χ2v) is 4.30. The van der Waals surface area contributed by atoms with Crippen molar-refractivity contribution in [3.05, 3.63) is 64.7 Å². The maximum atomic E-state index is 11.9. The van der Waals surface area contributed by atoms with E-state index in [2.05, 4.69) is 0 Å². The maximum Gasteiger partial charge on any atom is 0.347 e. The topological polar surface area (TPSA) is 52.6 Å². The van der Waals surface area contributed by atoms with Gasteiger partial charge in [0.15, 0.2) is 0 Å². The van der Waals surface area contributed by atoms with Crippen LogP contribution in [0.1, 0.15) is 20.7 Å². The number of hydrogen-bond acceptors (Lipinski definition) is 4. The summed E-state index contributed by atoms with van der Waals surface area (Å²) in [6.45, 7) is 0. The Morgan fingerprint density at radius 1 is 1.00 bits per heavy atom. The molecule has 0 fully saturated rings. The van der Waals surface area contributed by atoms with Crippen LogP contribution in [0.25, 0.3) is 0 Å². The molecule has 0 spiro atoms. The van der Waals surface area contributed by atoms with E-state index in [1.54, 1.807) is 36.4 Å². The third-order valence-corrected chi connectivity index (χ3v) is 2.90. The number of carbonyl (C=O) groups excluding carboxylic acids is 2. The second kappa shape index (κ2) is 6.21. The van der Waals surface area contributed by atoms with Crippen LogP contribution in [0.3, 0.4) is 0 Å². The van der Waals surface area contributed by atoms with E-state index in [9.17, 15) is 9.59 Å². The molecular formula is C15H11ClO4. The number of benzene rings is 2. The van der Waals surface area contributed by atoms with Gasteiger partial charge >= 0.3 is 11.9 Å². The molecule has 0 unspecified atom stereocenters. The van der Waals surface area contributed by atoms with Gasteiger partial charge in [0.05, 0.1) is 23.3 Å². The molecule has 2 rings (SSSR count). The Labute approximate surface area is 120 Å². The highest BCUT2D eigenvalue weighted by Gasteiger charge is 2.17. The van der Waals surface area contributed by atoms with Crippen molar-refractivity contribution in [2.75, 3.05) is 7.11 Å². The number of ether oxygens (including phenoxy) is 2. The molecule has 0 atom stereocenters. The summed E-state index contributed by atoms with van der Waals surface area (Å²) in [7, 11) is 1.49. The third kappa shape index (κ3) is 3.16. The molecular weight excluding hydrogens is 280 g/mol. The van der Waals surface area contributed by atoms with E-state index in [-0.39, 0.29) is 10.6 Å². The molecule has 0 radical (unpaired) electrons. The molecule has 2 aromatic rings. The fourth-order valence-corrected chi connectivity index (χ4v) is 1.81. The minimum Gasteiger partial charge on any atom is -0.497 e. The summed E-state index contributed by atoms with van der Waals surface area (Å²) in [5.41, 5.74) is 0.405.